The molecule has 1 N–H and O–H groups in total. The van der Waals surface area contributed by atoms with Gasteiger partial charge in [0.15, 0.2) is 0 Å². The summed E-state index contributed by atoms with van der Waals surface area (Å²) in [4.78, 5) is 13.4. The van der Waals surface area contributed by atoms with Crippen molar-refractivity contribution in [2.24, 2.45) is 0 Å². The van der Waals surface area contributed by atoms with Gasteiger partial charge in [-0.25, -0.2) is 0 Å². The van der Waals surface area contributed by atoms with Gasteiger partial charge in [-0.15, -0.1) is 0 Å². The fourth-order valence-electron chi connectivity index (χ4n) is 3.89. The van der Waals surface area contributed by atoms with Gasteiger partial charge in [-0.05, 0) is 55.7 Å². The molecular weight excluding hydrogens is 388 g/mol. The highest BCUT2D eigenvalue weighted by Gasteiger charge is 2.19. The van der Waals surface area contributed by atoms with E-state index in [1.54, 1.807) is 6.92 Å². The molecule has 1 amide bonds. The van der Waals surface area contributed by atoms with E-state index in [1.807, 2.05) is 0 Å². The van der Waals surface area contributed by atoms with Gasteiger partial charge in [0.1, 0.15) is 5.75 Å². The van der Waals surface area contributed by atoms with Crippen molar-refractivity contribution < 1.29 is 14.3 Å². The Morgan fingerprint density at radius 3 is 2.58 bits per heavy atom. The molecule has 0 bridgehead atoms. The molecular formula is C26H36N2O3. The molecule has 0 radical (unpaired) electrons. The van der Waals surface area contributed by atoms with Crippen LogP contribution in [0.25, 0.3) is 0 Å². The monoisotopic (exact) mass is 424 g/mol. The quantitative estimate of drug-likeness (QED) is 0.457. The molecule has 3 rings (SSSR count). The van der Waals surface area contributed by atoms with Gasteiger partial charge >= 0.3 is 0 Å². The molecule has 2 aromatic carbocycles. The predicted octanol–water partition coefficient (Wildman–Crippen LogP) is 4.38. The Hall–Kier alpha value is -2.53. The second kappa shape index (κ2) is 13.0. The van der Waals surface area contributed by atoms with Crippen molar-refractivity contribution in [2.75, 3.05) is 44.4 Å². The first-order valence-electron chi connectivity index (χ1n) is 11.6. The Labute approximate surface area is 186 Å². The number of aryl methyl sites for hydroxylation is 1. The Morgan fingerprint density at radius 1 is 1.00 bits per heavy atom. The summed E-state index contributed by atoms with van der Waals surface area (Å²) in [5.41, 5.74) is 4.00. The van der Waals surface area contributed by atoms with E-state index in [2.05, 4.69) is 58.7 Å². The first kappa shape index (κ1) is 23.1. The number of rotatable bonds is 14. The van der Waals surface area contributed by atoms with Gasteiger partial charge < -0.3 is 19.7 Å². The van der Waals surface area contributed by atoms with Gasteiger partial charge in [0.25, 0.3) is 0 Å². The molecule has 168 valence electrons. The van der Waals surface area contributed by atoms with Gasteiger partial charge in [-0.1, -0.05) is 36.4 Å². The van der Waals surface area contributed by atoms with Crippen LogP contribution in [0.3, 0.4) is 0 Å². The highest BCUT2D eigenvalue weighted by molar-refractivity contribution is 5.72. The van der Waals surface area contributed by atoms with Crippen LogP contribution in [0.1, 0.15) is 43.7 Å². The molecule has 1 heterocycles. The van der Waals surface area contributed by atoms with Gasteiger partial charge in [0.05, 0.1) is 6.61 Å². The lowest BCUT2D eigenvalue weighted by molar-refractivity contribution is -0.118. The number of carbonyl (C=O) groups is 1. The van der Waals surface area contributed by atoms with Crippen molar-refractivity contribution >= 4 is 11.6 Å². The van der Waals surface area contributed by atoms with Crippen molar-refractivity contribution in [1.82, 2.24) is 5.32 Å². The standard InChI is InChI=1S/C26H36N2O3/c1-22(29)27-15-17-28-16-14-24-12-13-25(21-26(24)28)31-20-8-7-19-30-18-6-5-11-23-9-3-2-4-10-23/h2-4,9-10,12-13,21H,5-8,11,14-20H2,1H3,(H,27,29). The number of ether oxygens (including phenoxy) is 2. The number of unbranched alkanes of at least 4 members (excludes halogenated alkanes) is 2. The summed E-state index contributed by atoms with van der Waals surface area (Å²) in [6, 6.07) is 17.0. The average molecular weight is 425 g/mol. The number of amides is 1. The smallest absolute Gasteiger partial charge is 0.216 e. The maximum atomic E-state index is 11.1. The van der Waals surface area contributed by atoms with Gasteiger partial charge in [0.2, 0.25) is 5.91 Å². The van der Waals surface area contributed by atoms with E-state index < -0.39 is 0 Å². The van der Waals surface area contributed by atoms with E-state index in [4.69, 9.17) is 9.47 Å². The number of benzene rings is 2. The number of nitrogens with zero attached hydrogens (tertiary/aromatic N) is 1. The summed E-state index contributed by atoms with van der Waals surface area (Å²) >= 11 is 0. The maximum Gasteiger partial charge on any atom is 0.216 e. The lowest BCUT2D eigenvalue weighted by Crippen LogP contribution is -2.32. The van der Waals surface area contributed by atoms with Gasteiger partial charge in [-0.2, -0.15) is 0 Å². The molecule has 0 atom stereocenters. The number of nitrogens with one attached hydrogen (secondary N) is 1. The van der Waals surface area contributed by atoms with Crippen molar-refractivity contribution in [1.29, 1.82) is 0 Å². The van der Waals surface area contributed by atoms with Crippen LogP contribution < -0.4 is 15.0 Å². The lowest BCUT2D eigenvalue weighted by Gasteiger charge is -2.20. The molecule has 5 nitrogen and oxygen atoms in total. The number of hydrogen-bond acceptors (Lipinski definition) is 4. The van der Waals surface area contributed by atoms with E-state index in [0.29, 0.717) is 13.2 Å². The first-order chi connectivity index (χ1) is 15.2. The van der Waals surface area contributed by atoms with Crippen LogP contribution in [0.5, 0.6) is 5.75 Å². The number of hydrogen-bond donors (Lipinski definition) is 1. The fourth-order valence-corrected chi connectivity index (χ4v) is 3.89. The third-order valence-corrected chi connectivity index (χ3v) is 5.60. The molecule has 0 saturated heterocycles. The molecule has 0 spiro atoms. The molecule has 1 aliphatic rings. The normalized spacial score (nSPS) is 12.6. The first-order valence-corrected chi connectivity index (χ1v) is 11.6. The second-order valence-corrected chi connectivity index (χ2v) is 8.12. The van der Waals surface area contributed by atoms with E-state index >= 15 is 0 Å². The Morgan fingerprint density at radius 2 is 1.77 bits per heavy atom. The zero-order valence-electron chi connectivity index (χ0n) is 18.8. The van der Waals surface area contributed by atoms with Gasteiger partial charge in [0, 0.05) is 51.5 Å². The molecule has 0 unspecified atom stereocenters. The summed E-state index contributed by atoms with van der Waals surface area (Å²) in [6.45, 7) is 6.41. The Kier molecular flexibility index (Phi) is 9.71. The van der Waals surface area contributed by atoms with Crippen molar-refractivity contribution in [3.8, 4) is 5.75 Å². The molecule has 0 aromatic heterocycles. The van der Waals surface area contributed by atoms with Crippen LogP contribution >= 0.6 is 0 Å². The molecule has 0 saturated carbocycles. The zero-order chi connectivity index (χ0) is 21.7. The van der Waals surface area contributed by atoms with Crippen molar-refractivity contribution in [3.05, 3.63) is 59.7 Å². The molecule has 0 fully saturated rings. The van der Waals surface area contributed by atoms with Crippen molar-refractivity contribution in [2.45, 2.75) is 45.4 Å². The average Bonchev–Trinajstić information content (AvgIpc) is 3.18. The zero-order valence-corrected chi connectivity index (χ0v) is 18.8. The Balaban J connectivity index is 1.24. The largest absolute Gasteiger partial charge is 0.494 e. The van der Waals surface area contributed by atoms with E-state index in [1.165, 1.54) is 23.2 Å². The SMILES string of the molecule is CC(=O)NCCN1CCc2ccc(OCCCCOCCCCc3ccccc3)cc21. The van der Waals surface area contributed by atoms with Gasteiger partial charge in [-0.3, -0.25) is 4.79 Å². The third kappa shape index (κ3) is 8.25. The summed E-state index contributed by atoms with van der Waals surface area (Å²) in [7, 11) is 0. The second-order valence-electron chi connectivity index (χ2n) is 8.12. The highest BCUT2D eigenvalue weighted by Crippen LogP contribution is 2.31. The highest BCUT2D eigenvalue weighted by atomic mass is 16.5. The van der Waals surface area contributed by atoms with E-state index in [0.717, 1.165) is 64.2 Å². The topological polar surface area (TPSA) is 50.8 Å². The summed E-state index contributed by atoms with van der Waals surface area (Å²) in [6.07, 6.45) is 6.48. The number of fused-ring (bicyclic) bond motifs is 1. The minimum absolute atomic E-state index is 0.0210. The molecule has 5 heteroatoms. The van der Waals surface area contributed by atoms with Crippen LogP contribution in [-0.2, 0) is 22.4 Å². The minimum Gasteiger partial charge on any atom is -0.494 e. The fraction of sp³-hybridized carbons (Fsp3) is 0.500. The predicted molar refractivity (Wildman–Crippen MR) is 126 cm³/mol. The van der Waals surface area contributed by atoms with Crippen LogP contribution in [-0.4, -0.2) is 45.4 Å². The lowest BCUT2D eigenvalue weighted by atomic mass is 10.1. The maximum absolute atomic E-state index is 11.1. The summed E-state index contributed by atoms with van der Waals surface area (Å²) in [5.74, 6) is 0.944. The van der Waals surface area contributed by atoms with Crippen molar-refractivity contribution in [3.63, 3.8) is 0 Å². The minimum atomic E-state index is 0.0210. The molecule has 1 aliphatic heterocycles. The van der Waals surface area contributed by atoms with E-state index in [-0.39, 0.29) is 5.91 Å². The van der Waals surface area contributed by atoms with Crippen LogP contribution in [0.2, 0.25) is 0 Å². The molecule has 0 aliphatic carbocycles. The summed E-state index contributed by atoms with van der Waals surface area (Å²) in [5, 5.41) is 2.87. The van der Waals surface area contributed by atoms with E-state index in [9.17, 15) is 4.79 Å². The third-order valence-electron chi connectivity index (χ3n) is 5.60. The number of anilines is 1. The summed E-state index contributed by atoms with van der Waals surface area (Å²) < 4.78 is 11.7. The Bertz CT molecular complexity index is 794. The van der Waals surface area contributed by atoms with Crippen LogP contribution in [0.4, 0.5) is 5.69 Å². The van der Waals surface area contributed by atoms with Crippen LogP contribution in [0.15, 0.2) is 48.5 Å². The van der Waals surface area contributed by atoms with Crippen LogP contribution in [0, 0.1) is 0 Å². The molecule has 31 heavy (non-hydrogen) atoms. The number of carbonyl (C=O) groups excluding carboxylic acids is 1. The molecule has 2 aromatic rings.